The highest BCUT2D eigenvalue weighted by molar-refractivity contribution is 6.04. The molecule has 3 rings (SSSR count). The molecule has 1 saturated carbocycles. The standard InChI is InChI=1S/C22H25FN2O2/c1-15(2)11-14-24-21(27)22(12-13-22)16-7-9-17(10-8-16)25-20(26)18-5-3-4-6-19(18)23/h3-10,15H,11-14H2,1-2H3,(H,24,27)(H,25,26). The molecule has 0 heterocycles. The Morgan fingerprint density at radius 1 is 1.07 bits per heavy atom. The normalized spacial score (nSPS) is 14.7. The summed E-state index contributed by atoms with van der Waals surface area (Å²) in [6.07, 6.45) is 2.63. The molecule has 0 unspecified atom stereocenters. The minimum absolute atomic E-state index is 0.00442. The van der Waals surface area contributed by atoms with Crippen LogP contribution in [0.25, 0.3) is 0 Å². The molecule has 0 spiro atoms. The summed E-state index contributed by atoms with van der Waals surface area (Å²) >= 11 is 0. The number of nitrogens with one attached hydrogen (secondary N) is 2. The van der Waals surface area contributed by atoms with Gasteiger partial charge in [-0.25, -0.2) is 4.39 Å². The van der Waals surface area contributed by atoms with Gasteiger partial charge in [0.2, 0.25) is 5.91 Å². The fourth-order valence-electron chi connectivity index (χ4n) is 3.13. The Kier molecular flexibility index (Phi) is 5.59. The predicted molar refractivity (Wildman–Crippen MR) is 104 cm³/mol. The van der Waals surface area contributed by atoms with E-state index in [9.17, 15) is 14.0 Å². The van der Waals surface area contributed by atoms with Crippen molar-refractivity contribution in [3.05, 3.63) is 65.5 Å². The van der Waals surface area contributed by atoms with Crippen molar-refractivity contribution >= 4 is 17.5 Å². The van der Waals surface area contributed by atoms with Crippen molar-refractivity contribution in [3.8, 4) is 0 Å². The molecular weight excluding hydrogens is 343 g/mol. The highest BCUT2D eigenvalue weighted by atomic mass is 19.1. The van der Waals surface area contributed by atoms with E-state index in [1.54, 1.807) is 24.3 Å². The maximum Gasteiger partial charge on any atom is 0.258 e. The van der Waals surface area contributed by atoms with Crippen molar-refractivity contribution in [3.63, 3.8) is 0 Å². The Balaban J connectivity index is 1.64. The molecule has 2 amide bonds. The Bertz CT molecular complexity index is 826. The summed E-state index contributed by atoms with van der Waals surface area (Å²) in [5, 5.41) is 5.73. The second-order valence-corrected chi connectivity index (χ2v) is 7.53. The molecule has 1 fully saturated rings. The number of anilines is 1. The van der Waals surface area contributed by atoms with Crippen LogP contribution in [-0.2, 0) is 10.2 Å². The molecule has 0 bridgehead atoms. The number of carbonyl (C=O) groups excluding carboxylic acids is 2. The van der Waals surface area contributed by atoms with Crippen LogP contribution < -0.4 is 10.6 Å². The number of hydrogen-bond acceptors (Lipinski definition) is 2. The molecule has 142 valence electrons. The number of benzene rings is 2. The molecule has 0 atom stereocenters. The van der Waals surface area contributed by atoms with E-state index in [-0.39, 0.29) is 11.5 Å². The molecule has 27 heavy (non-hydrogen) atoms. The lowest BCUT2D eigenvalue weighted by molar-refractivity contribution is -0.123. The maximum atomic E-state index is 13.7. The average molecular weight is 368 g/mol. The lowest BCUT2D eigenvalue weighted by Gasteiger charge is -2.17. The molecular formula is C22H25FN2O2. The van der Waals surface area contributed by atoms with E-state index in [4.69, 9.17) is 0 Å². The van der Waals surface area contributed by atoms with Gasteiger partial charge in [0.05, 0.1) is 11.0 Å². The molecule has 4 nitrogen and oxygen atoms in total. The number of hydrogen-bond donors (Lipinski definition) is 2. The van der Waals surface area contributed by atoms with Gasteiger partial charge < -0.3 is 10.6 Å². The van der Waals surface area contributed by atoms with E-state index in [1.165, 1.54) is 12.1 Å². The molecule has 5 heteroatoms. The summed E-state index contributed by atoms with van der Waals surface area (Å²) in [6, 6.07) is 13.1. The molecule has 0 aromatic heterocycles. The van der Waals surface area contributed by atoms with Crippen molar-refractivity contribution < 1.29 is 14.0 Å². The zero-order valence-electron chi connectivity index (χ0n) is 15.7. The van der Waals surface area contributed by atoms with E-state index in [0.717, 1.165) is 24.8 Å². The number of halogens is 1. The van der Waals surface area contributed by atoms with E-state index in [2.05, 4.69) is 24.5 Å². The minimum Gasteiger partial charge on any atom is -0.355 e. The second-order valence-electron chi connectivity index (χ2n) is 7.53. The summed E-state index contributed by atoms with van der Waals surface area (Å²) in [5.74, 6) is -0.417. The summed E-state index contributed by atoms with van der Waals surface area (Å²) in [5.41, 5.74) is 1.09. The van der Waals surface area contributed by atoms with E-state index in [1.807, 2.05) is 12.1 Å². The van der Waals surface area contributed by atoms with E-state index < -0.39 is 17.1 Å². The van der Waals surface area contributed by atoms with Gasteiger partial charge in [-0.3, -0.25) is 9.59 Å². The molecule has 0 radical (unpaired) electrons. The van der Waals surface area contributed by atoms with Crippen molar-refractivity contribution in [2.75, 3.05) is 11.9 Å². The van der Waals surface area contributed by atoms with Gasteiger partial charge in [0.15, 0.2) is 0 Å². The SMILES string of the molecule is CC(C)CCNC(=O)C1(c2ccc(NC(=O)c3ccccc3F)cc2)CC1. The Morgan fingerprint density at radius 2 is 1.74 bits per heavy atom. The van der Waals surface area contributed by atoms with Gasteiger partial charge in [0, 0.05) is 12.2 Å². The number of amides is 2. The molecule has 0 saturated heterocycles. The third-order valence-electron chi connectivity index (χ3n) is 5.01. The van der Waals surface area contributed by atoms with Crippen molar-refractivity contribution in [1.29, 1.82) is 0 Å². The Morgan fingerprint density at radius 3 is 2.33 bits per heavy atom. The van der Waals surface area contributed by atoms with Gasteiger partial charge in [0.25, 0.3) is 5.91 Å². The van der Waals surface area contributed by atoms with Gasteiger partial charge in [-0.15, -0.1) is 0 Å². The highest BCUT2D eigenvalue weighted by Gasteiger charge is 2.50. The smallest absolute Gasteiger partial charge is 0.258 e. The van der Waals surface area contributed by atoms with Crippen LogP contribution in [0.15, 0.2) is 48.5 Å². The molecule has 0 aliphatic heterocycles. The zero-order chi connectivity index (χ0) is 19.4. The van der Waals surface area contributed by atoms with Crippen molar-refractivity contribution in [1.82, 2.24) is 5.32 Å². The molecule has 1 aliphatic carbocycles. The zero-order valence-corrected chi connectivity index (χ0v) is 15.7. The second kappa shape index (κ2) is 7.91. The average Bonchev–Trinajstić information content (AvgIpc) is 3.44. The summed E-state index contributed by atoms with van der Waals surface area (Å²) < 4.78 is 13.7. The van der Waals surface area contributed by atoms with Crippen LogP contribution >= 0.6 is 0 Å². The first kappa shape index (κ1) is 19.1. The highest BCUT2D eigenvalue weighted by Crippen LogP contribution is 2.48. The summed E-state index contributed by atoms with van der Waals surface area (Å²) in [6.45, 7) is 4.95. The van der Waals surface area contributed by atoms with E-state index in [0.29, 0.717) is 18.2 Å². The van der Waals surface area contributed by atoms with Crippen LogP contribution in [0.4, 0.5) is 10.1 Å². The van der Waals surface area contributed by atoms with Gasteiger partial charge >= 0.3 is 0 Å². The first-order chi connectivity index (χ1) is 12.9. The topological polar surface area (TPSA) is 58.2 Å². The third-order valence-corrected chi connectivity index (χ3v) is 5.01. The molecule has 2 aromatic carbocycles. The first-order valence-corrected chi connectivity index (χ1v) is 9.37. The monoisotopic (exact) mass is 368 g/mol. The molecule has 2 N–H and O–H groups in total. The molecule has 2 aromatic rings. The van der Waals surface area contributed by atoms with Crippen LogP contribution in [-0.4, -0.2) is 18.4 Å². The molecule has 1 aliphatic rings. The minimum atomic E-state index is -0.554. The number of carbonyl (C=O) groups is 2. The lowest BCUT2D eigenvalue weighted by Crippen LogP contribution is -2.35. The Labute approximate surface area is 159 Å². The lowest BCUT2D eigenvalue weighted by atomic mass is 9.94. The third kappa shape index (κ3) is 4.35. The first-order valence-electron chi connectivity index (χ1n) is 9.37. The van der Waals surface area contributed by atoms with Gasteiger partial charge in [-0.05, 0) is 55.0 Å². The largest absolute Gasteiger partial charge is 0.355 e. The van der Waals surface area contributed by atoms with Crippen molar-refractivity contribution in [2.45, 2.75) is 38.5 Å². The van der Waals surface area contributed by atoms with Crippen LogP contribution in [0, 0.1) is 11.7 Å². The van der Waals surface area contributed by atoms with E-state index >= 15 is 0 Å². The summed E-state index contributed by atoms with van der Waals surface area (Å²) in [4.78, 5) is 24.8. The summed E-state index contributed by atoms with van der Waals surface area (Å²) in [7, 11) is 0. The van der Waals surface area contributed by atoms with Crippen LogP contribution in [0.1, 0.15) is 49.0 Å². The van der Waals surface area contributed by atoms with Crippen LogP contribution in [0.3, 0.4) is 0 Å². The van der Waals surface area contributed by atoms with Gasteiger partial charge in [-0.2, -0.15) is 0 Å². The quantitative estimate of drug-likeness (QED) is 0.767. The van der Waals surface area contributed by atoms with Crippen molar-refractivity contribution in [2.24, 2.45) is 5.92 Å². The van der Waals surface area contributed by atoms with Crippen LogP contribution in [0.2, 0.25) is 0 Å². The van der Waals surface area contributed by atoms with Gasteiger partial charge in [0.1, 0.15) is 5.82 Å². The van der Waals surface area contributed by atoms with Gasteiger partial charge in [-0.1, -0.05) is 38.1 Å². The Hall–Kier alpha value is -2.69. The van der Waals surface area contributed by atoms with Crippen LogP contribution in [0.5, 0.6) is 0 Å². The maximum absolute atomic E-state index is 13.7. The predicted octanol–water partition coefficient (Wildman–Crippen LogP) is 4.27. The fourth-order valence-corrected chi connectivity index (χ4v) is 3.13. The fraction of sp³-hybridized carbons (Fsp3) is 0.364. The number of rotatable bonds is 7.